The van der Waals surface area contributed by atoms with Crippen LogP contribution in [0, 0.1) is 16.7 Å². The zero-order valence-electron chi connectivity index (χ0n) is 10.6. The molecule has 0 amide bonds. The first kappa shape index (κ1) is 10.8. The summed E-state index contributed by atoms with van der Waals surface area (Å²) in [6, 6.07) is 2.31. The van der Waals surface area contributed by atoms with E-state index >= 15 is 0 Å². The molecule has 0 bridgehead atoms. The van der Waals surface area contributed by atoms with Crippen molar-refractivity contribution in [3.05, 3.63) is 28.6 Å². The molecule has 0 spiro atoms. The molecule has 1 saturated carbocycles. The van der Waals surface area contributed by atoms with Crippen LogP contribution in [0.15, 0.2) is 6.20 Å². The second kappa shape index (κ2) is 3.57. The molecule has 88 valence electrons. The topological polar surface area (TPSA) is 36.7 Å². The maximum absolute atomic E-state index is 9.18. The van der Waals surface area contributed by atoms with Gasteiger partial charge in [0.15, 0.2) is 0 Å². The van der Waals surface area contributed by atoms with Gasteiger partial charge in [0.2, 0.25) is 0 Å². The minimum atomic E-state index is 0.367. The van der Waals surface area contributed by atoms with Gasteiger partial charge in [-0.1, -0.05) is 13.8 Å². The van der Waals surface area contributed by atoms with Gasteiger partial charge in [-0.3, -0.25) is 4.98 Å². The fraction of sp³-hybridized carbons (Fsp3) is 0.600. The van der Waals surface area contributed by atoms with E-state index in [-0.39, 0.29) is 0 Å². The summed E-state index contributed by atoms with van der Waals surface area (Å²) in [4.78, 5) is 4.57. The molecular formula is C15H18N2. The molecule has 0 saturated heterocycles. The lowest BCUT2D eigenvalue weighted by atomic mass is 9.73. The van der Waals surface area contributed by atoms with E-state index in [1.807, 2.05) is 0 Å². The van der Waals surface area contributed by atoms with Crippen molar-refractivity contribution in [2.75, 3.05) is 0 Å². The van der Waals surface area contributed by atoms with Crippen molar-refractivity contribution in [1.29, 1.82) is 5.26 Å². The van der Waals surface area contributed by atoms with Gasteiger partial charge in [-0.15, -0.1) is 0 Å². The lowest BCUT2D eigenvalue weighted by Crippen LogP contribution is -2.24. The third-order valence-electron chi connectivity index (χ3n) is 4.12. The van der Waals surface area contributed by atoms with E-state index in [4.69, 9.17) is 0 Å². The number of aromatic nitrogens is 1. The molecule has 1 heterocycles. The van der Waals surface area contributed by atoms with Gasteiger partial charge in [0.25, 0.3) is 0 Å². The molecular weight excluding hydrogens is 208 g/mol. The van der Waals surface area contributed by atoms with Crippen LogP contribution in [0.3, 0.4) is 0 Å². The van der Waals surface area contributed by atoms with Crippen LogP contribution in [0.2, 0.25) is 0 Å². The van der Waals surface area contributed by atoms with E-state index in [9.17, 15) is 5.26 Å². The summed E-state index contributed by atoms with van der Waals surface area (Å²) in [6.45, 7) is 4.65. The maximum Gasteiger partial charge on any atom is 0.101 e. The van der Waals surface area contributed by atoms with E-state index < -0.39 is 0 Å². The zero-order chi connectivity index (χ0) is 12.0. The van der Waals surface area contributed by atoms with Gasteiger partial charge in [-0.2, -0.15) is 5.26 Å². The van der Waals surface area contributed by atoms with Crippen LogP contribution in [0.1, 0.15) is 61.4 Å². The Labute approximate surface area is 103 Å². The number of nitriles is 1. The van der Waals surface area contributed by atoms with E-state index in [1.54, 1.807) is 6.20 Å². The van der Waals surface area contributed by atoms with Crippen molar-refractivity contribution in [3.8, 4) is 6.07 Å². The Bertz CT molecular complexity index is 504. The van der Waals surface area contributed by atoms with Gasteiger partial charge in [-0.05, 0) is 48.6 Å². The van der Waals surface area contributed by atoms with E-state index in [2.05, 4.69) is 24.9 Å². The van der Waals surface area contributed by atoms with Crippen LogP contribution >= 0.6 is 0 Å². The Morgan fingerprint density at radius 2 is 2.12 bits per heavy atom. The lowest BCUT2D eigenvalue weighted by molar-refractivity contribution is 0.313. The summed E-state index contributed by atoms with van der Waals surface area (Å²) in [6.07, 6.45) is 7.69. The van der Waals surface area contributed by atoms with Gasteiger partial charge in [0.1, 0.15) is 6.07 Å². The maximum atomic E-state index is 9.18. The first-order chi connectivity index (χ1) is 8.11. The third kappa shape index (κ3) is 1.84. The second-order valence-corrected chi connectivity index (χ2v) is 6.24. The largest absolute Gasteiger partial charge is 0.259 e. The number of pyridine rings is 1. The summed E-state index contributed by atoms with van der Waals surface area (Å²) in [5.41, 5.74) is 5.17. The molecule has 17 heavy (non-hydrogen) atoms. The third-order valence-corrected chi connectivity index (χ3v) is 4.12. The number of fused-ring (bicyclic) bond motifs is 1. The molecule has 2 nitrogen and oxygen atoms in total. The number of nitrogens with zero attached hydrogens (tertiary/aromatic N) is 2. The number of rotatable bonds is 1. The lowest BCUT2D eigenvalue weighted by Gasteiger charge is -2.32. The zero-order valence-corrected chi connectivity index (χ0v) is 10.6. The van der Waals surface area contributed by atoms with Gasteiger partial charge < -0.3 is 0 Å². The Morgan fingerprint density at radius 3 is 2.76 bits per heavy atom. The molecule has 3 rings (SSSR count). The molecule has 1 fully saturated rings. The predicted octanol–water partition coefficient (Wildman–Crippen LogP) is 3.35. The van der Waals surface area contributed by atoms with Gasteiger partial charge in [0.05, 0.1) is 5.56 Å². The quantitative estimate of drug-likeness (QED) is 0.736. The highest BCUT2D eigenvalue weighted by Gasteiger charge is 2.34. The Hall–Kier alpha value is -1.36. The normalized spacial score (nSPS) is 21.7. The minimum absolute atomic E-state index is 0.367. The van der Waals surface area contributed by atoms with Crippen molar-refractivity contribution in [2.45, 2.75) is 51.9 Å². The smallest absolute Gasteiger partial charge is 0.101 e. The van der Waals surface area contributed by atoms with E-state index in [0.717, 1.165) is 18.4 Å². The van der Waals surface area contributed by atoms with Crippen LogP contribution in [0.5, 0.6) is 0 Å². The summed E-state index contributed by atoms with van der Waals surface area (Å²) in [5, 5.41) is 9.18. The highest BCUT2D eigenvalue weighted by Crippen LogP contribution is 2.45. The molecule has 2 heteroatoms. The minimum Gasteiger partial charge on any atom is -0.259 e. The van der Waals surface area contributed by atoms with Gasteiger partial charge in [0, 0.05) is 17.8 Å². The first-order valence-electron chi connectivity index (χ1n) is 6.51. The van der Waals surface area contributed by atoms with Crippen LogP contribution in [-0.4, -0.2) is 4.98 Å². The Morgan fingerprint density at radius 1 is 1.35 bits per heavy atom. The summed E-state index contributed by atoms with van der Waals surface area (Å²) >= 11 is 0. The highest BCUT2D eigenvalue weighted by molar-refractivity contribution is 5.46. The fourth-order valence-corrected chi connectivity index (χ4v) is 2.93. The monoisotopic (exact) mass is 226 g/mol. The molecule has 0 aromatic carbocycles. The van der Waals surface area contributed by atoms with Crippen LogP contribution in [0.4, 0.5) is 0 Å². The molecule has 2 aliphatic rings. The average Bonchev–Trinajstić information content (AvgIpc) is 3.10. The molecule has 0 atom stereocenters. The van der Waals surface area contributed by atoms with E-state index in [0.29, 0.717) is 11.3 Å². The first-order valence-corrected chi connectivity index (χ1v) is 6.51. The standard InChI is InChI=1S/C15H18N2/c1-15(2)6-5-12-11(8-16)9-17-14(10-3-4-10)13(12)7-15/h9-10H,3-7H2,1-2H3. The fourth-order valence-electron chi connectivity index (χ4n) is 2.93. The van der Waals surface area contributed by atoms with Crippen molar-refractivity contribution in [3.63, 3.8) is 0 Å². The molecule has 1 aromatic rings. The van der Waals surface area contributed by atoms with Crippen LogP contribution in [-0.2, 0) is 12.8 Å². The molecule has 2 aliphatic carbocycles. The molecule has 0 N–H and O–H groups in total. The molecule has 0 radical (unpaired) electrons. The molecule has 0 unspecified atom stereocenters. The molecule has 0 aliphatic heterocycles. The highest BCUT2D eigenvalue weighted by atomic mass is 14.7. The van der Waals surface area contributed by atoms with Crippen LogP contribution in [0.25, 0.3) is 0 Å². The molecule has 1 aromatic heterocycles. The average molecular weight is 226 g/mol. The van der Waals surface area contributed by atoms with E-state index in [1.165, 1.54) is 36.1 Å². The SMILES string of the molecule is CC1(C)CCc2c(C#N)cnc(C3CC3)c2C1. The van der Waals surface area contributed by atoms with Crippen LogP contribution < -0.4 is 0 Å². The van der Waals surface area contributed by atoms with Gasteiger partial charge in [-0.25, -0.2) is 0 Å². The second-order valence-electron chi connectivity index (χ2n) is 6.24. The van der Waals surface area contributed by atoms with Gasteiger partial charge >= 0.3 is 0 Å². The predicted molar refractivity (Wildman–Crippen MR) is 66.7 cm³/mol. The van der Waals surface area contributed by atoms with Crippen molar-refractivity contribution in [1.82, 2.24) is 4.98 Å². The number of hydrogen-bond donors (Lipinski definition) is 0. The summed E-state index contributed by atoms with van der Waals surface area (Å²) in [7, 11) is 0. The number of hydrogen-bond acceptors (Lipinski definition) is 2. The Kier molecular flexibility index (Phi) is 2.26. The Balaban J connectivity index is 2.13. The van der Waals surface area contributed by atoms with Crippen molar-refractivity contribution < 1.29 is 0 Å². The summed E-state index contributed by atoms with van der Waals surface area (Å²) < 4.78 is 0. The summed E-state index contributed by atoms with van der Waals surface area (Å²) in [5.74, 6) is 0.686. The van der Waals surface area contributed by atoms with Crippen molar-refractivity contribution >= 4 is 0 Å². The van der Waals surface area contributed by atoms with Crippen molar-refractivity contribution in [2.24, 2.45) is 5.41 Å².